The van der Waals surface area contributed by atoms with E-state index in [0.29, 0.717) is 19.4 Å². The normalized spacial score (nSPS) is 12.0. The first-order valence-electron chi connectivity index (χ1n) is 7.11. The van der Waals surface area contributed by atoms with Crippen LogP contribution in [0.15, 0.2) is 23.1 Å². The number of anilines is 1. The van der Waals surface area contributed by atoms with Crippen molar-refractivity contribution in [1.82, 2.24) is 4.72 Å². The number of halogens is 2. The summed E-state index contributed by atoms with van der Waals surface area (Å²) in [4.78, 5) is -0.268. The van der Waals surface area contributed by atoms with Crippen LogP contribution in [0.5, 0.6) is 0 Å². The van der Waals surface area contributed by atoms with E-state index >= 15 is 0 Å². The zero-order chi connectivity index (χ0) is 17.7. The molecule has 0 saturated heterocycles. The lowest BCUT2D eigenvalue weighted by Crippen LogP contribution is -2.26. The van der Waals surface area contributed by atoms with E-state index in [0.717, 1.165) is 18.2 Å². The van der Waals surface area contributed by atoms with Crippen LogP contribution in [-0.2, 0) is 20.0 Å². The van der Waals surface area contributed by atoms with Crippen molar-refractivity contribution in [2.24, 2.45) is 5.73 Å². The van der Waals surface area contributed by atoms with Crippen LogP contribution in [0.3, 0.4) is 0 Å². The molecule has 0 radical (unpaired) electrons. The third-order valence-electron chi connectivity index (χ3n) is 3.05. The SMILES string of the molecule is CC(C)S(=O)(=O)Nc1ccc(S(=O)(=O)NCCCCN)cc1F.Cl. The van der Waals surface area contributed by atoms with Crippen LogP contribution in [0.4, 0.5) is 10.1 Å². The van der Waals surface area contributed by atoms with Gasteiger partial charge in [-0.2, -0.15) is 0 Å². The van der Waals surface area contributed by atoms with E-state index < -0.39 is 31.1 Å². The summed E-state index contributed by atoms with van der Waals surface area (Å²) in [5, 5.41) is -0.741. The summed E-state index contributed by atoms with van der Waals surface area (Å²) in [5.41, 5.74) is 5.02. The number of sulfonamides is 2. The topological polar surface area (TPSA) is 118 Å². The van der Waals surface area contributed by atoms with Gasteiger partial charge in [0.25, 0.3) is 0 Å². The minimum Gasteiger partial charge on any atom is -0.330 e. The van der Waals surface area contributed by atoms with Crippen molar-refractivity contribution >= 4 is 38.1 Å². The Kier molecular flexibility index (Phi) is 9.15. The van der Waals surface area contributed by atoms with Crippen LogP contribution in [0.1, 0.15) is 26.7 Å². The average Bonchev–Trinajstić information content (AvgIpc) is 2.45. The second kappa shape index (κ2) is 9.52. The predicted molar refractivity (Wildman–Crippen MR) is 94.8 cm³/mol. The van der Waals surface area contributed by atoms with Gasteiger partial charge in [-0.1, -0.05) is 0 Å². The van der Waals surface area contributed by atoms with Gasteiger partial charge in [-0.3, -0.25) is 4.72 Å². The minimum atomic E-state index is -3.85. The molecule has 0 spiro atoms. The van der Waals surface area contributed by atoms with Gasteiger partial charge in [-0.15, -0.1) is 12.4 Å². The van der Waals surface area contributed by atoms with Crippen LogP contribution >= 0.6 is 12.4 Å². The fraction of sp³-hybridized carbons (Fsp3) is 0.538. The van der Waals surface area contributed by atoms with Crippen molar-refractivity contribution in [3.05, 3.63) is 24.0 Å². The zero-order valence-electron chi connectivity index (χ0n) is 13.5. The summed E-state index contributed by atoms with van der Waals surface area (Å²) in [7, 11) is -7.56. The molecule has 0 aliphatic heterocycles. The molecule has 140 valence electrons. The van der Waals surface area contributed by atoms with Gasteiger partial charge in [-0.05, 0) is 51.4 Å². The van der Waals surface area contributed by atoms with E-state index in [-0.39, 0.29) is 29.5 Å². The third kappa shape index (κ3) is 6.52. The smallest absolute Gasteiger partial charge is 0.240 e. The van der Waals surface area contributed by atoms with E-state index in [1.165, 1.54) is 13.8 Å². The maximum Gasteiger partial charge on any atom is 0.240 e. The Balaban J connectivity index is 0.00000529. The van der Waals surface area contributed by atoms with Gasteiger partial charge in [-0.25, -0.2) is 25.9 Å². The molecule has 0 aromatic heterocycles. The van der Waals surface area contributed by atoms with Crippen molar-refractivity contribution in [3.63, 3.8) is 0 Å². The maximum atomic E-state index is 14.0. The van der Waals surface area contributed by atoms with Gasteiger partial charge in [0.05, 0.1) is 15.8 Å². The van der Waals surface area contributed by atoms with E-state index in [9.17, 15) is 21.2 Å². The molecule has 0 aliphatic carbocycles. The standard InChI is InChI=1S/C13H22FN3O4S2.ClH/c1-10(2)22(18,19)17-13-6-5-11(9-12(13)14)23(20,21)16-8-4-3-7-15;/h5-6,9-10,16-17H,3-4,7-8,15H2,1-2H3;1H. The molecule has 1 aromatic rings. The third-order valence-corrected chi connectivity index (χ3v) is 6.25. The Hall–Kier alpha value is -0.940. The summed E-state index contributed by atoms with van der Waals surface area (Å²) in [5.74, 6) is -0.959. The molecule has 24 heavy (non-hydrogen) atoms. The lowest BCUT2D eigenvalue weighted by atomic mass is 10.3. The van der Waals surface area contributed by atoms with Crippen LogP contribution in [0.25, 0.3) is 0 Å². The number of unbranched alkanes of at least 4 members (excludes halogenated alkanes) is 1. The van der Waals surface area contributed by atoms with Gasteiger partial charge in [0.15, 0.2) is 0 Å². The highest BCUT2D eigenvalue weighted by Crippen LogP contribution is 2.21. The predicted octanol–water partition coefficient (Wildman–Crippen LogP) is 1.41. The van der Waals surface area contributed by atoms with E-state index in [1.807, 2.05) is 0 Å². The van der Waals surface area contributed by atoms with Crippen molar-refractivity contribution in [2.75, 3.05) is 17.8 Å². The Morgan fingerprint density at radius 2 is 1.79 bits per heavy atom. The van der Waals surface area contributed by atoms with E-state index in [2.05, 4.69) is 9.44 Å². The van der Waals surface area contributed by atoms with Gasteiger partial charge < -0.3 is 5.73 Å². The zero-order valence-corrected chi connectivity index (χ0v) is 15.9. The van der Waals surface area contributed by atoms with Crippen LogP contribution in [0.2, 0.25) is 0 Å². The Morgan fingerprint density at radius 1 is 1.17 bits per heavy atom. The van der Waals surface area contributed by atoms with Crippen LogP contribution in [0, 0.1) is 5.82 Å². The highest BCUT2D eigenvalue weighted by molar-refractivity contribution is 7.93. The Bertz CT molecular complexity index is 740. The fourth-order valence-electron chi connectivity index (χ4n) is 1.58. The number of rotatable bonds is 9. The van der Waals surface area contributed by atoms with Crippen molar-refractivity contribution < 1.29 is 21.2 Å². The van der Waals surface area contributed by atoms with Crippen molar-refractivity contribution in [2.45, 2.75) is 36.8 Å². The molecule has 0 bridgehead atoms. The maximum absolute atomic E-state index is 14.0. The lowest BCUT2D eigenvalue weighted by molar-refractivity contribution is 0.574. The summed E-state index contributed by atoms with van der Waals surface area (Å²) in [6, 6.07) is 3.01. The highest BCUT2D eigenvalue weighted by atomic mass is 35.5. The molecule has 1 aromatic carbocycles. The minimum absolute atomic E-state index is 0. The molecule has 1 rings (SSSR count). The Morgan fingerprint density at radius 3 is 2.29 bits per heavy atom. The largest absolute Gasteiger partial charge is 0.330 e. The first-order chi connectivity index (χ1) is 10.6. The van der Waals surface area contributed by atoms with E-state index in [1.54, 1.807) is 0 Å². The summed E-state index contributed by atoms with van der Waals surface area (Å²) >= 11 is 0. The summed E-state index contributed by atoms with van der Waals surface area (Å²) < 4.78 is 65.9. The molecule has 0 heterocycles. The Labute approximate surface area is 148 Å². The molecule has 0 saturated carbocycles. The van der Waals surface area contributed by atoms with Gasteiger partial charge >= 0.3 is 0 Å². The van der Waals surface area contributed by atoms with Crippen LogP contribution < -0.4 is 15.2 Å². The lowest BCUT2D eigenvalue weighted by Gasteiger charge is -2.12. The summed E-state index contributed by atoms with van der Waals surface area (Å²) in [6.07, 6.45) is 1.25. The molecule has 0 fully saturated rings. The second-order valence-corrected chi connectivity index (χ2v) is 9.23. The summed E-state index contributed by atoms with van der Waals surface area (Å²) in [6.45, 7) is 3.55. The fourth-order valence-corrected chi connectivity index (χ4v) is 3.37. The molecular formula is C13H23ClFN3O4S2. The van der Waals surface area contributed by atoms with E-state index in [4.69, 9.17) is 5.73 Å². The van der Waals surface area contributed by atoms with Gasteiger partial charge in [0, 0.05) is 6.54 Å². The molecule has 0 aliphatic rings. The molecular weight excluding hydrogens is 381 g/mol. The number of nitrogens with one attached hydrogen (secondary N) is 2. The first kappa shape index (κ1) is 23.1. The quantitative estimate of drug-likeness (QED) is 0.539. The molecule has 0 unspecified atom stereocenters. The van der Waals surface area contributed by atoms with Gasteiger partial charge in [0.2, 0.25) is 20.0 Å². The average molecular weight is 404 g/mol. The first-order valence-corrected chi connectivity index (χ1v) is 10.1. The molecule has 11 heteroatoms. The number of hydrogen-bond acceptors (Lipinski definition) is 5. The monoisotopic (exact) mass is 403 g/mol. The molecule has 7 nitrogen and oxygen atoms in total. The van der Waals surface area contributed by atoms with Gasteiger partial charge in [0.1, 0.15) is 5.82 Å². The number of nitrogens with two attached hydrogens (primary N) is 1. The van der Waals surface area contributed by atoms with Crippen LogP contribution in [-0.4, -0.2) is 35.2 Å². The van der Waals surface area contributed by atoms with Crippen molar-refractivity contribution in [3.8, 4) is 0 Å². The number of benzene rings is 1. The molecule has 0 amide bonds. The molecule has 0 atom stereocenters. The second-order valence-electron chi connectivity index (χ2n) is 5.23. The highest BCUT2D eigenvalue weighted by Gasteiger charge is 2.20. The van der Waals surface area contributed by atoms with Crippen molar-refractivity contribution in [1.29, 1.82) is 0 Å². The molecule has 4 N–H and O–H groups in total. The number of hydrogen-bond donors (Lipinski definition) is 3.